The van der Waals surface area contributed by atoms with Crippen LogP contribution in [0.15, 0.2) is 33.7 Å². The predicted molar refractivity (Wildman–Crippen MR) is 97.3 cm³/mol. The molecule has 0 unspecified atom stereocenters. The van der Waals surface area contributed by atoms with Gasteiger partial charge < -0.3 is 20.5 Å². The van der Waals surface area contributed by atoms with Crippen molar-refractivity contribution >= 4 is 27.2 Å². The van der Waals surface area contributed by atoms with Crippen LogP contribution in [0.1, 0.15) is 30.0 Å². The first kappa shape index (κ1) is 17.3. The summed E-state index contributed by atoms with van der Waals surface area (Å²) in [5.74, 6) is 0.832. The zero-order valence-corrected chi connectivity index (χ0v) is 14.5. The highest BCUT2D eigenvalue weighted by atomic mass is 32.1. The summed E-state index contributed by atoms with van der Waals surface area (Å²) in [5.41, 5.74) is 8.39. The Bertz CT molecular complexity index is 803. The summed E-state index contributed by atoms with van der Waals surface area (Å²) in [6.45, 7) is 7.18. The Labute approximate surface area is 139 Å². The third-order valence-corrected chi connectivity index (χ3v) is 4.80. The Morgan fingerprint density at radius 3 is 2.83 bits per heavy atom. The highest BCUT2D eigenvalue weighted by Crippen LogP contribution is 2.33. The highest BCUT2D eigenvalue weighted by molar-refractivity contribution is 7.19. The van der Waals surface area contributed by atoms with Gasteiger partial charge in [0.15, 0.2) is 0 Å². The van der Waals surface area contributed by atoms with Crippen molar-refractivity contribution in [2.75, 3.05) is 11.9 Å². The second kappa shape index (κ2) is 7.99. The number of furan rings is 1. The van der Waals surface area contributed by atoms with Crippen molar-refractivity contribution in [2.45, 2.75) is 33.7 Å². The van der Waals surface area contributed by atoms with Crippen LogP contribution in [0.5, 0.6) is 0 Å². The van der Waals surface area contributed by atoms with E-state index < -0.39 is 0 Å². The predicted octanol–water partition coefficient (Wildman–Crippen LogP) is 3.63. The average Bonchev–Trinajstić information content (AvgIpc) is 3.18. The minimum atomic E-state index is -0.107. The van der Waals surface area contributed by atoms with E-state index in [2.05, 4.69) is 10.3 Å². The number of aryl methyl sites for hydroxylation is 1. The molecule has 3 rings (SSSR count). The lowest BCUT2D eigenvalue weighted by Crippen LogP contribution is -2.08. The molecule has 0 aromatic carbocycles. The Morgan fingerprint density at radius 2 is 2.17 bits per heavy atom. The number of fused-ring (bicyclic) bond motifs is 1. The van der Waals surface area contributed by atoms with Gasteiger partial charge in [-0.3, -0.25) is 4.79 Å². The summed E-state index contributed by atoms with van der Waals surface area (Å²) in [5, 5.41) is 3.28. The zero-order valence-electron chi connectivity index (χ0n) is 13.7. The van der Waals surface area contributed by atoms with Gasteiger partial charge in [0.25, 0.3) is 5.56 Å². The number of H-pyrrole nitrogens is 1. The van der Waals surface area contributed by atoms with Crippen LogP contribution in [0.25, 0.3) is 10.2 Å². The monoisotopic (exact) mass is 333 g/mol. The summed E-state index contributed by atoms with van der Waals surface area (Å²) >= 11 is 1.68. The molecule has 0 amide bonds. The van der Waals surface area contributed by atoms with E-state index in [1.165, 1.54) is 4.88 Å². The van der Waals surface area contributed by atoms with Crippen molar-refractivity contribution in [1.82, 2.24) is 4.98 Å². The first-order valence-electron chi connectivity index (χ1n) is 7.80. The number of hydrogen-bond donors (Lipinski definition) is 3. The Morgan fingerprint density at radius 1 is 1.39 bits per heavy atom. The van der Waals surface area contributed by atoms with Gasteiger partial charge in [-0.25, -0.2) is 0 Å². The number of aromatic nitrogens is 1. The number of hydrogen-bond acceptors (Lipinski definition) is 5. The van der Waals surface area contributed by atoms with Crippen LogP contribution in [-0.4, -0.2) is 11.5 Å². The molecule has 0 radical (unpaired) electrons. The second-order valence-corrected chi connectivity index (χ2v) is 5.98. The van der Waals surface area contributed by atoms with Crippen molar-refractivity contribution < 1.29 is 4.42 Å². The number of anilines is 1. The van der Waals surface area contributed by atoms with E-state index in [1.807, 2.05) is 32.9 Å². The molecule has 3 aromatic heterocycles. The Hall–Kier alpha value is -2.05. The lowest BCUT2D eigenvalue weighted by atomic mass is 10.2. The lowest BCUT2D eigenvalue weighted by Gasteiger charge is -2.05. The van der Waals surface area contributed by atoms with E-state index in [4.69, 9.17) is 10.2 Å². The number of nitrogens with two attached hydrogens (primary N) is 1. The maximum Gasteiger partial charge on any atom is 0.250 e. The van der Waals surface area contributed by atoms with Crippen LogP contribution in [-0.2, 0) is 13.0 Å². The van der Waals surface area contributed by atoms with Gasteiger partial charge in [0.1, 0.15) is 5.76 Å². The quantitative estimate of drug-likeness (QED) is 0.666. The molecule has 0 saturated carbocycles. The van der Waals surface area contributed by atoms with E-state index in [9.17, 15) is 4.79 Å². The molecule has 0 fully saturated rings. The molecule has 5 nitrogen and oxygen atoms in total. The van der Waals surface area contributed by atoms with Crippen LogP contribution in [0.2, 0.25) is 0 Å². The summed E-state index contributed by atoms with van der Waals surface area (Å²) < 4.78 is 6.36. The van der Waals surface area contributed by atoms with Crippen molar-refractivity contribution in [3.63, 3.8) is 0 Å². The largest absolute Gasteiger partial charge is 0.467 e. The highest BCUT2D eigenvalue weighted by Gasteiger charge is 2.13. The molecule has 0 aliphatic rings. The van der Waals surface area contributed by atoms with Gasteiger partial charge in [-0.15, -0.1) is 11.3 Å². The third kappa shape index (κ3) is 3.83. The molecular formula is C17H23N3O2S. The smallest absolute Gasteiger partial charge is 0.250 e. The molecule has 0 aliphatic carbocycles. The maximum absolute atomic E-state index is 11.8. The van der Waals surface area contributed by atoms with Gasteiger partial charge in [-0.05, 0) is 37.6 Å². The summed E-state index contributed by atoms with van der Waals surface area (Å²) in [6, 6.07) is 5.34. The summed E-state index contributed by atoms with van der Waals surface area (Å²) in [7, 11) is 0. The van der Waals surface area contributed by atoms with Crippen molar-refractivity contribution in [3.05, 3.63) is 51.0 Å². The number of aromatic amines is 1. The van der Waals surface area contributed by atoms with Crippen LogP contribution in [0.3, 0.4) is 0 Å². The van der Waals surface area contributed by atoms with Crippen molar-refractivity contribution in [3.8, 4) is 0 Å². The second-order valence-electron chi connectivity index (χ2n) is 4.87. The SMILES string of the molecule is CC.Cc1c(CCN)sc2c(NCc3ccco3)cc(=O)[nH]c12. The fourth-order valence-electron chi connectivity index (χ4n) is 2.35. The molecule has 6 heteroatoms. The molecular weight excluding hydrogens is 310 g/mol. The summed E-state index contributed by atoms with van der Waals surface area (Å²) in [6.07, 6.45) is 2.46. The molecule has 0 saturated heterocycles. The van der Waals surface area contributed by atoms with Gasteiger partial charge in [0.2, 0.25) is 0 Å². The van der Waals surface area contributed by atoms with E-state index in [-0.39, 0.29) is 5.56 Å². The topological polar surface area (TPSA) is 84.0 Å². The number of rotatable bonds is 5. The van der Waals surface area contributed by atoms with Gasteiger partial charge in [-0.1, -0.05) is 13.8 Å². The van der Waals surface area contributed by atoms with Crippen LogP contribution in [0.4, 0.5) is 5.69 Å². The maximum atomic E-state index is 11.8. The fourth-order valence-corrected chi connectivity index (χ4v) is 3.62. The van der Waals surface area contributed by atoms with Crippen molar-refractivity contribution in [2.24, 2.45) is 5.73 Å². The van der Waals surface area contributed by atoms with Crippen LogP contribution in [0, 0.1) is 6.92 Å². The minimum Gasteiger partial charge on any atom is -0.467 e. The van der Waals surface area contributed by atoms with Gasteiger partial charge >= 0.3 is 0 Å². The molecule has 0 atom stereocenters. The molecule has 3 heterocycles. The van der Waals surface area contributed by atoms with Gasteiger partial charge in [0, 0.05) is 10.9 Å². The summed E-state index contributed by atoms with van der Waals surface area (Å²) in [4.78, 5) is 16.0. The molecule has 0 spiro atoms. The molecule has 124 valence electrons. The molecule has 4 N–H and O–H groups in total. The lowest BCUT2D eigenvalue weighted by molar-refractivity contribution is 0.518. The number of thiophene rings is 1. The molecule has 0 aliphatic heterocycles. The van der Waals surface area contributed by atoms with Crippen LogP contribution >= 0.6 is 11.3 Å². The van der Waals surface area contributed by atoms with Crippen LogP contribution < -0.4 is 16.6 Å². The van der Waals surface area contributed by atoms with E-state index in [1.54, 1.807) is 23.7 Å². The average molecular weight is 333 g/mol. The normalized spacial score (nSPS) is 10.4. The molecule has 23 heavy (non-hydrogen) atoms. The zero-order chi connectivity index (χ0) is 16.8. The van der Waals surface area contributed by atoms with E-state index >= 15 is 0 Å². The Kier molecular flexibility index (Phi) is 6.01. The van der Waals surface area contributed by atoms with Gasteiger partial charge in [0.05, 0.1) is 28.7 Å². The van der Waals surface area contributed by atoms with Gasteiger partial charge in [-0.2, -0.15) is 0 Å². The molecule has 0 bridgehead atoms. The first-order chi connectivity index (χ1) is 11.2. The minimum absolute atomic E-state index is 0.107. The van der Waals surface area contributed by atoms with E-state index in [0.29, 0.717) is 13.1 Å². The fraction of sp³-hybridized carbons (Fsp3) is 0.353. The number of pyridine rings is 1. The third-order valence-electron chi connectivity index (χ3n) is 3.42. The van der Waals surface area contributed by atoms with E-state index in [0.717, 1.165) is 33.6 Å². The number of nitrogens with one attached hydrogen (secondary N) is 2. The first-order valence-corrected chi connectivity index (χ1v) is 8.62. The molecule has 3 aromatic rings. The van der Waals surface area contributed by atoms with Crippen molar-refractivity contribution in [1.29, 1.82) is 0 Å². The Balaban J connectivity index is 0.000000924. The standard InChI is InChI=1S/C15H17N3O2S.C2H6/c1-9-12(4-5-16)21-15-11(7-13(19)18-14(9)15)17-8-10-3-2-6-20-10;1-2/h2-3,6-7H,4-5,8,16H2,1H3,(H2,17,18,19);1-2H3.